The van der Waals surface area contributed by atoms with Gasteiger partial charge in [0.2, 0.25) is 0 Å². The van der Waals surface area contributed by atoms with Gasteiger partial charge in [-0.2, -0.15) is 0 Å². The average Bonchev–Trinajstić information content (AvgIpc) is 2.38. The molecule has 1 aromatic carbocycles. The SMILES string of the molecule is CCCC(C)(NC(C)c1cccc([N+](=O)[O-])c1)C(=O)O. The molecule has 1 aromatic rings. The van der Waals surface area contributed by atoms with E-state index in [0.29, 0.717) is 12.0 Å². The molecular formula is C14H20N2O4. The molecule has 1 rings (SSSR count). The van der Waals surface area contributed by atoms with Crippen LogP contribution in [0.1, 0.15) is 45.2 Å². The Kier molecular flexibility index (Phi) is 5.21. The van der Waals surface area contributed by atoms with Gasteiger partial charge in [0.05, 0.1) is 4.92 Å². The average molecular weight is 280 g/mol. The van der Waals surface area contributed by atoms with Crippen molar-refractivity contribution in [3.05, 3.63) is 39.9 Å². The van der Waals surface area contributed by atoms with E-state index in [4.69, 9.17) is 0 Å². The number of aliphatic carboxylic acids is 1. The molecule has 0 aromatic heterocycles. The molecule has 0 aliphatic heterocycles. The van der Waals surface area contributed by atoms with Crippen LogP contribution >= 0.6 is 0 Å². The summed E-state index contributed by atoms with van der Waals surface area (Å²) in [6, 6.07) is 5.94. The van der Waals surface area contributed by atoms with E-state index in [1.54, 1.807) is 26.0 Å². The molecule has 6 nitrogen and oxygen atoms in total. The van der Waals surface area contributed by atoms with Crippen LogP contribution < -0.4 is 5.32 Å². The fourth-order valence-electron chi connectivity index (χ4n) is 2.21. The van der Waals surface area contributed by atoms with Gasteiger partial charge in [0, 0.05) is 18.2 Å². The Bertz CT molecular complexity index is 504. The Labute approximate surface area is 118 Å². The predicted octanol–water partition coefficient (Wildman–Crippen LogP) is 2.89. The number of nitrogens with one attached hydrogen (secondary N) is 1. The third kappa shape index (κ3) is 3.77. The van der Waals surface area contributed by atoms with Crippen molar-refractivity contribution in [1.82, 2.24) is 5.32 Å². The highest BCUT2D eigenvalue weighted by atomic mass is 16.6. The maximum atomic E-state index is 11.4. The molecule has 0 aliphatic carbocycles. The summed E-state index contributed by atoms with van der Waals surface area (Å²) in [5, 5.41) is 23.1. The van der Waals surface area contributed by atoms with E-state index in [-0.39, 0.29) is 11.7 Å². The van der Waals surface area contributed by atoms with Gasteiger partial charge in [0.1, 0.15) is 5.54 Å². The molecule has 6 heteroatoms. The molecular weight excluding hydrogens is 260 g/mol. The Morgan fingerprint density at radius 2 is 2.20 bits per heavy atom. The molecule has 0 saturated heterocycles. The Balaban J connectivity index is 2.94. The zero-order valence-electron chi connectivity index (χ0n) is 11.9. The van der Waals surface area contributed by atoms with E-state index in [0.717, 1.165) is 6.42 Å². The van der Waals surface area contributed by atoms with Crippen molar-refractivity contribution in [3.8, 4) is 0 Å². The normalized spacial score (nSPS) is 15.3. The van der Waals surface area contributed by atoms with Crippen LogP contribution in [0.5, 0.6) is 0 Å². The molecule has 0 amide bonds. The van der Waals surface area contributed by atoms with Crippen molar-refractivity contribution < 1.29 is 14.8 Å². The minimum Gasteiger partial charge on any atom is -0.480 e. The number of hydrogen-bond donors (Lipinski definition) is 2. The number of carboxylic acids is 1. The molecule has 2 unspecified atom stereocenters. The summed E-state index contributed by atoms with van der Waals surface area (Å²) in [6.07, 6.45) is 1.22. The second kappa shape index (κ2) is 6.47. The molecule has 0 spiro atoms. The zero-order chi connectivity index (χ0) is 15.3. The van der Waals surface area contributed by atoms with Crippen LogP contribution in [0.4, 0.5) is 5.69 Å². The van der Waals surface area contributed by atoms with Crippen molar-refractivity contribution in [2.75, 3.05) is 0 Å². The highest BCUT2D eigenvalue weighted by Gasteiger charge is 2.33. The van der Waals surface area contributed by atoms with Crippen molar-refractivity contribution in [1.29, 1.82) is 0 Å². The van der Waals surface area contributed by atoms with E-state index in [1.165, 1.54) is 12.1 Å². The van der Waals surface area contributed by atoms with Gasteiger partial charge in [-0.05, 0) is 25.8 Å². The van der Waals surface area contributed by atoms with Gasteiger partial charge in [0.25, 0.3) is 5.69 Å². The lowest BCUT2D eigenvalue weighted by atomic mass is 9.94. The molecule has 0 aliphatic rings. The van der Waals surface area contributed by atoms with E-state index in [1.807, 2.05) is 6.92 Å². The number of hydrogen-bond acceptors (Lipinski definition) is 4. The lowest BCUT2D eigenvalue weighted by Gasteiger charge is -2.30. The summed E-state index contributed by atoms with van der Waals surface area (Å²) in [7, 11) is 0. The van der Waals surface area contributed by atoms with Gasteiger partial charge in [-0.3, -0.25) is 20.2 Å². The quantitative estimate of drug-likeness (QED) is 0.591. The Morgan fingerprint density at radius 1 is 1.55 bits per heavy atom. The van der Waals surface area contributed by atoms with Crippen molar-refractivity contribution in [3.63, 3.8) is 0 Å². The van der Waals surface area contributed by atoms with Crippen LogP contribution in [0.2, 0.25) is 0 Å². The van der Waals surface area contributed by atoms with Gasteiger partial charge in [-0.25, -0.2) is 0 Å². The smallest absolute Gasteiger partial charge is 0.323 e. The number of carboxylic acid groups (broad SMARTS) is 1. The minimum absolute atomic E-state index is 0.00340. The number of rotatable bonds is 7. The predicted molar refractivity (Wildman–Crippen MR) is 75.6 cm³/mol. The van der Waals surface area contributed by atoms with Gasteiger partial charge in [0.15, 0.2) is 0 Å². The number of nitro benzene ring substituents is 1. The first-order chi connectivity index (χ1) is 9.30. The van der Waals surface area contributed by atoms with Gasteiger partial charge >= 0.3 is 5.97 Å². The minimum atomic E-state index is -1.04. The standard InChI is InChI=1S/C14H20N2O4/c1-4-8-14(3,13(17)18)15-10(2)11-6-5-7-12(9-11)16(19)20/h5-7,9-10,15H,4,8H2,1-3H3,(H,17,18). The number of carbonyl (C=O) groups is 1. The molecule has 0 saturated carbocycles. The molecule has 0 fully saturated rings. The fourth-order valence-corrected chi connectivity index (χ4v) is 2.21. The van der Waals surface area contributed by atoms with Crippen molar-refractivity contribution in [2.45, 2.75) is 45.2 Å². The van der Waals surface area contributed by atoms with Gasteiger partial charge in [-0.1, -0.05) is 25.5 Å². The summed E-state index contributed by atoms with van der Waals surface area (Å²) < 4.78 is 0. The monoisotopic (exact) mass is 280 g/mol. The van der Waals surface area contributed by atoms with E-state index >= 15 is 0 Å². The van der Waals surface area contributed by atoms with Crippen LogP contribution in [0.25, 0.3) is 0 Å². The summed E-state index contributed by atoms with van der Waals surface area (Å²) in [4.78, 5) is 21.7. The fraction of sp³-hybridized carbons (Fsp3) is 0.500. The number of non-ortho nitro benzene ring substituents is 1. The summed E-state index contributed by atoms with van der Waals surface area (Å²) in [5.74, 6) is -0.920. The van der Waals surface area contributed by atoms with Crippen molar-refractivity contribution in [2.24, 2.45) is 0 Å². The molecule has 0 radical (unpaired) electrons. The third-order valence-electron chi connectivity index (χ3n) is 3.34. The van der Waals surface area contributed by atoms with Crippen LogP contribution in [-0.4, -0.2) is 21.5 Å². The second-order valence-electron chi connectivity index (χ2n) is 5.11. The topological polar surface area (TPSA) is 92.5 Å². The molecule has 2 atom stereocenters. The first kappa shape index (κ1) is 16.1. The Morgan fingerprint density at radius 3 is 2.70 bits per heavy atom. The highest BCUT2D eigenvalue weighted by molar-refractivity contribution is 5.78. The number of benzene rings is 1. The lowest BCUT2D eigenvalue weighted by molar-refractivity contribution is -0.384. The van der Waals surface area contributed by atoms with Crippen LogP contribution in [-0.2, 0) is 4.79 Å². The third-order valence-corrected chi connectivity index (χ3v) is 3.34. The number of nitrogens with zero attached hydrogens (tertiary/aromatic N) is 1. The highest BCUT2D eigenvalue weighted by Crippen LogP contribution is 2.23. The summed E-state index contributed by atoms with van der Waals surface area (Å²) in [6.45, 7) is 5.35. The maximum Gasteiger partial charge on any atom is 0.323 e. The molecule has 2 N–H and O–H groups in total. The molecule has 0 heterocycles. The molecule has 20 heavy (non-hydrogen) atoms. The van der Waals surface area contributed by atoms with E-state index in [9.17, 15) is 20.0 Å². The molecule has 110 valence electrons. The van der Waals surface area contributed by atoms with E-state index < -0.39 is 16.4 Å². The molecule has 0 bridgehead atoms. The van der Waals surface area contributed by atoms with Crippen LogP contribution in [0, 0.1) is 10.1 Å². The number of nitro groups is 1. The van der Waals surface area contributed by atoms with Gasteiger partial charge < -0.3 is 5.11 Å². The first-order valence-electron chi connectivity index (χ1n) is 6.55. The zero-order valence-corrected chi connectivity index (χ0v) is 11.9. The van der Waals surface area contributed by atoms with Gasteiger partial charge in [-0.15, -0.1) is 0 Å². The summed E-state index contributed by atoms with van der Waals surface area (Å²) in [5.41, 5.74) is -0.342. The Hall–Kier alpha value is -1.95. The second-order valence-corrected chi connectivity index (χ2v) is 5.11. The van der Waals surface area contributed by atoms with Crippen LogP contribution in [0.3, 0.4) is 0 Å². The van der Waals surface area contributed by atoms with Crippen LogP contribution in [0.15, 0.2) is 24.3 Å². The largest absolute Gasteiger partial charge is 0.480 e. The van der Waals surface area contributed by atoms with E-state index in [2.05, 4.69) is 5.32 Å². The van der Waals surface area contributed by atoms with Crippen molar-refractivity contribution >= 4 is 11.7 Å². The maximum absolute atomic E-state index is 11.4. The first-order valence-corrected chi connectivity index (χ1v) is 6.55. The lowest BCUT2D eigenvalue weighted by Crippen LogP contribution is -2.50. The summed E-state index contributed by atoms with van der Waals surface area (Å²) >= 11 is 0.